The van der Waals surface area contributed by atoms with Gasteiger partial charge in [-0.1, -0.05) is 34.8 Å². The second-order valence-corrected chi connectivity index (χ2v) is 4.99. The van der Waals surface area contributed by atoms with Crippen LogP contribution in [0.25, 0.3) is 11.3 Å². The molecule has 1 heterocycles. The van der Waals surface area contributed by atoms with E-state index >= 15 is 0 Å². The smallest absolute Gasteiger partial charge is 0.184 e. The van der Waals surface area contributed by atoms with Gasteiger partial charge in [0.25, 0.3) is 0 Å². The number of hydrogen-bond donors (Lipinski definition) is 0. The van der Waals surface area contributed by atoms with Crippen molar-refractivity contribution < 1.29 is 4.39 Å². The molecule has 0 saturated heterocycles. The normalized spacial score (nSPS) is 10.7. The third-order valence-corrected chi connectivity index (χ3v) is 3.34. The number of hydrogen-bond acceptors (Lipinski definition) is 2. The summed E-state index contributed by atoms with van der Waals surface area (Å²) in [7, 11) is 0. The third-order valence-electron chi connectivity index (χ3n) is 1.76. The molecule has 0 bridgehead atoms. The minimum atomic E-state index is -0.528. The number of rotatable bonds is 1. The number of halogens is 4. The molecule has 0 unspecified atom stereocenters. The molecule has 0 fully saturated rings. The van der Waals surface area contributed by atoms with Crippen LogP contribution in [0.5, 0.6) is 0 Å². The molecular formula is C9H3Cl3FNS. The van der Waals surface area contributed by atoms with E-state index in [0.717, 1.165) is 0 Å². The fraction of sp³-hybridized carbons (Fsp3) is 0. The summed E-state index contributed by atoms with van der Waals surface area (Å²) in [6.07, 6.45) is 0. The van der Waals surface area contributed by atoms with Crippen molar-refractivity contribution in [3.8, 4) is 11.3 Å². The first-order chi connectivity index (χ1) is 7.08. The minimum absolute atomic E-state index is 0.00919. The summed E-state index contributed by atoms with van der Waals surface area (Å²) in [4.78, 5) is 4.00. The van der Waals surface area contributed by atoms with E-state index in [1.807, 2.05) is 0 Å². The molecule has 0 radical (unpaired) electrons. The molecule has 0 aliphatic heterocycles. The average molecular weight is 283 g/mol. The molecule has 6 heteroatoms. The Morgan fingerprint density at radius 3 is 2.47 bits per heavy atom. The van der Waals surface area contributed by atoms with E-state index in [2.05, 4.69) is 4.98 Å². The lowest BCUT2D eigenvalue weighted by Crippen LogP contribution is -1.84. The molecule has 78 valence electrons. The Bertz CT molecular complexity index is 512. The molecule has 0 atom stereocenters. The SMILES string of the molecule is Fc1cc(-c2csc(Cl)n2)c(Cl)cc1Cl. The summed E-state index contributed by atoms with van der Waals surface area (Å²) >= 11 is 18.4. The molecule has 0 saturated carbocycles. The standard InChI is InChI=1S/C9H3Cl3FNS/c10-5-2-6(11)7(13)1-4(5)8-3-15-9(12)14-8/h1-3H. The van der Waals surface area contributed by atoms with Crippen molar-refractivity contribution in [3.63, 3.8) is 0 Å². The Morgan fingerprint density at radius 2 is 1.87 bits per heavy atom. The Balaban J connectivity index is 2.58. The van der Waals surface area contributed by atoms with Crippen LogP contribution in [0.15, 0.2) is 17.5 Å². The lowest BCUT2D eigenvalue weighted by molar-refractivity contribution is 0.629. The zero-order chi connectivity index (χ0) is 11.0. The zero-order valence-electron chi connectivity index (χ0n) is 7.10. The Hall–Kier alpha value is -0.350. The maximum absolute atomic E-state index is 13.2. The largest absolute Gasteiger partial charge is 0.225 e. The number of nitrogens with zero attached hydrogens (tertiary/aromatic N) is 1. The topological polar surface area (TPSA) is 12.9 Å². The van der Waals surface area contributed by atoms with Crippen LogP contribution < -0.4 is 0 Å². The maximum Gasteiger partial charge on any atom is 0.184 e. The number of thiazole rings is 1. The van der Waals surface area contributed by atoms with Gasteiger partial charge < -0.3 is 0 Å². The van der Waals surface area contributed by atoms with Gasteiger partial charge in [-0.05, 0) is 12.1 Å². The number of aromatic nitrogens is 1. The van der Waals surface area contributed by atoms with Crippen molar-refractivity contribution in [1.82, 2.24) is 4.98 Å². The summed E-state index contributed by atoms with van der Waals surface area (Å²) < 4.78 is 13.6. The summed E-state index contributed by atoms with van der Waals surface area (Å²) in [5.74, 6) is -0.528. The summed E-state index contributed by atoms with van der Waals surface area (Å²) in [6.45, 7) is 0. The van der Waals surface area contributed by atoms with Gasteiger partial charge in [0.15, 0.2) is 4.47 Å². The predicted molar refractivity (Wildman–Crippen MR) is 62.5 cm³/mol. The van der Waals surface area contributed by atoms with Crippen molar-refractivity contribution in [1.29, 1.82) is 0 Å². The highest BCUT2D eigenvalue weighted by Gasteiger charge is 2.11. The monoisotopic (exact) mass is 281 g/mol. The lowest BCUT2D eigenvalue weighted by atomic mass is 10.2. The van der Waals surface area contributed by atoms with Crippen molar-refractivity contribution in [2.45, 2.75) is 0 Å². The van der Waals surface area contributed by atoms with Crippen LogP contribution in [0.3, 0.4) is 0 Å². The van der Waals surface area contributed by atoms with Gasteiger partial charge in [0.05, 0.1) is 15.7 Å². The molecule has 0 amide bonds. The first kappa shape index (κ1) is 11.1. The molecule has 1 aromatic carbocycles. The van der Waals surface area contributed by atoms with Crippen LogP contribution in [-0.2, 0) is 0 Å². The Kier molecular flexibility index (Phi) is 3.16. The Labute approximate surface area is 104 Å². The highest BCUT2D eigenvalue weighted by Crippen LogP contribution is 2.33. The fourth-order valence-corrected chi connectivity index (χ4v) is 2.34. The Morgan fingerprint density at radius 1 is 1.13 bits per heavy atom. The van der Waals surface area contributed by atoms with Crippen LogP contribution in [0, 0.1) is 5.82 Å². The minimum Gasteiger partial charge on any atom is -0.225 e. The molecule has 0 N–H and O–H groups in total. The molecule has 2 aromatic rings. The molecule has 1 aromatic heterocycles. The lowest BCUT2D eigenvalue weighted by Gasteiger charge is -2.02. The molecule has 0 aliphatic carbocycles. The van der Waals surface area contributed by atoms with E-state index in [0.29, 0.717) is 20.7 Å². The van der Waals surface area contributed by atoms with E-state index < -0.39 is 5.82 Å². The van der Waals surface area contributed by atoms with Gasteiger partial charge in [0.1, 0.15) is 5.82 Å². The summed E-state index contributed by atoms with van der Waals surface area (Å²) in [5.41, 5.74) is 1.03. The van der Waals surface area contributed by atoms with Gasteiger partial charge in [-0.3, -0.25) is 0 Å². The van der Waals surface area contributed by atoms with Crippen LogP contribution in [0.4, 0.5) is 4.39 Å². The van der Waals surface area contributed by atoms with E-state index in [4.69, 9.17) is 34.8 Å². The van der Waals surface area contributed by atoms with Crippen LogP contribution >= 0.6 is 46.1 Å². The van der Waals surface area contributed by atoms with Gasteiger partial charge >= 0.3 is 0 Å². The molecule has 2 rings (SSSR count). The van der Waals surface area contributed by atoms with E-state index in [-0.39, 0.29) is 5.02 Å². The van der Waals surface area contributed by atoms with Crippen molar-refractivity contribution in [2.24, 2.45) is 0 Å². The van der Waals surface area contributed by atoms with Gasteiger partial charge in [0.2, 0.25) is 0 Å². The number of benzene rings is 1. The fourth-order valence-electron chi connectivity index (χ4n) is 1.09. The second kappa shape index (κ2) is 4.26. The summed E-state index contributed by atoms with van der Waals surface area (Å²) in [5, 5.41) is 2.05. The van der Waals surface area contributed by atoms with Gasteiger partial charge in [0, 0.05) is 10.9 Å². The van der Waals surface area contributed by atoms with Gasteiger partial charge in [-0.25, -0.2) is 9.37 Å². The van der Waals surface area contributed by atoms with Gasteiger partial charge in [-0.15, -0.1) is 11.3 Å². The van der Waals surface area contributed by atoms with Gasteiger partial charge in [-0.2, -0.15) is 0 Å². The van der Waals surface area contributed by atoms with Crippen LogP contribution in [0.1, 0.15) is 0 Å². The molecule has 1 nitrogen and oxygen atoms in total. The zero-order valence-corrected chi connectivity index (χ0v) is 10.2. The third kappa shape index (κ3) is 2.26. The predicted octanol–water partition coefficient (Wildman–Crippen LogP) is 4.91. The van der Waals surface area contributed by atoms with Crippen molar-refractivity contribution in [3.05, 3.63) is 37.8 Å². The van der Waals surface area contributed by atoms with Crippen LogP contribution in [-0.4, -0.2) is 4.98 Å². The van der Waals surface area contributed by atoms with Crippen LogP contribution in [0.2, 0.25) is 14.5 Å². The molecule has 0 spiro atoms. The van der Waals surface area contributed by atoms with E-state index in [1.54, 1.807) is 5.38 Å². The molecule has 0 aliphatic rings. The average Bonchev–Trinajstić information content (AvgIpc) is 2.58. The van der Waals surface area contributed by atoms with E-state index in [1.165, 1.54) is 23.5 Å². The van der Waals surface area contributed by atoms with E-state index in [9.17, 15) is 4.39 Å². The highest BCUT2D eigenvalue weighted by atomic mass is 35.5. The first-order valence-electron chi connectivity index (χ1n) is 3.84. The first-order valence-corrected chi connectivity index (χ1v) is 5.85. The molecular weight excluding hydrogens is 280 g/mol. The molecule has 15 heavy (non-hydrogen) atoms. The maximum atomic E-state index is 13.2. The summed E-state index contributed by atoms with van der Waals surface area (Å²) in [6, 6.07) is 2.59. The van der Waals surface area contributed by atoms with Crippen molar-refractivity contribution >= 4 is 46.1 Å². The van der Waals surface area contributed by atoms with Crippen molar-refractivity contribution in [2.75, 3.05) is 0 Å². The quantitative estimate of drug-likeness (QED) is 0.677. The highest BCUT2D eigenvalue weighted by molar-refractivity contribution is 7.14. The second-order valence-electron chi connectivity index (χ2n) is 2.73.